The molecule has 142 valence electrons. The third kappa shape index (κ3) is 5.31. The number of rotatable bonds is 8. The van der Waals surface area contributed by atoms with Crippen molar-refractivity contribution in [1.82, 2.24) is 5.32 Å². The van der Waals surface area contributed by atoms with E-state index in [9.17, 15) is 9.18 Å². The van der Waals surface area contributed by atoms with E-state index in [1.54, 1.807) is 12.1 Å². The zero-order chi connectivity index (χ0) is 19.3. The molecule has 0 heterocycles. The van der Waals surface area contributed by atoms with Crippen LogP contribution in [0, 0.1) is 5.92 Å². The van der Waals surface area contributed by atoms with E-state index in [1.165, 1.54) is 0 Å². The topological polar surface area (TPSA) is 58.6 Å². The summed E-state index contributed by atoms with van der Waals surface area (Å²) in [6.45, 7) is 3.03. The van der Waals surface area contributed by atoms with Crippen LogP contribution in [-0.2, 0) is 11.2 Å². The Morgan fingerprint density at radius 2 is 2.08 bits per heavy atom. The zero-order valence-electron chi connectivity index (χ0n) is 14.0. The number of hydrogen-bond donors (Lipinski definition) is 2. The molecule has 3 unspecified atom stereocenters. The molecule has 2 N–H and O–H groups in total. The number of carbonyl (C=O) groups is 1. The number of carboxylic acids is 1. The fraction of sp³-hybridized carbons (Fsp3) is 0.389. The summed E-state index contributed by atoms with van der Waals surface area (Å²) in [4.78, 5) is 9.96. The first-order chi connectivity index (χ1) is 12.3. The van der Waals surface area contributed by atoms with Crippen molar-refractivity contribution in [2.75, 3.05) is 13.2 Å². The average molecular weight is 512 g/mol. The van der Waals surface area contributed by atoms with Gasteiger partial charge in [-0.3, -0.25) is 5.32 Å². The Labute approximate surface area is 173 Å². The van der Waals surface area contributed by atoms with E-state index in [1.807, 2.05) is 31.2 Å². The molecule has 1 aliphatic rings. The number of alkyl halides is 2. The van der Waals surface area contributed by atoms with E-state index >= 15 is 0 Å². The number of benzene rings is 1. The van der Waals surface area contributed by atoms with Gasteiger partial charge in [0, 0.05) is 12.3 Å². The molecule has 0 bridgehead atoms. The molecule has 8 heteroatoms. The SMILES string of the molecule is CCNC1(Cl)C=CC=CC1COc1c(Br)cc(CC(F)C(=O)O)cc1Br. The van der Waals surface area contributed by atoms with Gasteiger partial charge in [0.1, 0.15) is 10.7 Å². The second kappa shape index (κ2) is 9.35. The molecule has 0 radical (unpaired) electrons. The molecule has 0 spiro atoms. The summed E-state index contributed by atoms with van der Waals surface area (Å²) in [5.41, 5.74) is 0.547. The van der Waals surface area contributed by atoms with Crippen molar-refractivity contribution >= 4 is 49.4 Å². The van der Waals surface area contributed by atoms with Crippen LogP contribution in [0.25, 0.3) is 0 Å². The minimum absolute atomic E-state index is 0.0881. The van der Waals surface area contributed by atoms with Gasteiger partial charge < -0.3 is 9.84 Å². The largest absolute Gasteiger partial charge is 0.490 e. The van der Waals surface area contributed by atoms with Crippen molar-refractivity contribution in [3.63, 3.8) is 0 Å². The van der Waals surface area contributed by atoms with Gasteiger partial charge in [0.2, 0.25) is 6.17 Å². The average Bonchev–Trinajstić information content (AvgIpc) is 2.55. The van der Waals surface area contributed by atoms with Gasteiger partial charge in [0.15, 0.2) is 0 Å². The van der Waals surface area contributed by atoms with Crippen molar-refractivity contribution in [1.29, 1.82) is 0 Å². The van der Waals surface area contributed by atoms with Gasteiger partial charge in [-0.15, -0.1) is 0 Å². The van der Waals surface area contributed by atoms with Crippen molar-refractivity contribution in [3.8, 4) is 5.75 Å². The molecule has 1 aromatic carbocycles. The minimum atomic E-state index is -1.95. The van der Waals surface area contributed by atoms with E-state index in [2.05, 4.69) is 37.2 Å². The normalized spacial score (nSPS) is 23.0. The molecule has 0 aliphatic heterocycles. The maximum Gasteiger partial charge on any atom is 0.338 e. The summed E-state index contributed by atoms with van der Waals surface area (Å²) >= 11 is 13.5. The number of nitrogens with one attached hydrogen (secondary N) is 1. The van der Waals surface area contributed by atoms with Crippen molar-refractivity contribution in [3.05, 3.63) is 50.9 Å². The predicted molar refractivity (Wildman–Crippen MR) is 108 cm³/mol. The summed E-state index contributed by atoms with van der Waals surface area (Å²) in [7, 11) is 0. The molecular formula is C18H19Br2ClFNO3. The molecular weight excluding hydrogens is 492 g/mol. The van der Waals surface area contributed by atoms with Crippen LogP contribution in [0.4, 0.5) is 4.39 Å². The third-order valence-electron chi connectivity index (χ3n) is 3.93. The van der Waals surface area contributed by atoms with Crippen LogP contribution in [0.5, 0.6) is 5.75 Å². The lowest BCUT2D eigenvalue weighted by molar-refractivity contribution is -0.142. The number of likely N-dealkylation sites (N-methyl/N-ethyl adjacent to an activating group) is 1. The fourth-order valence-electron chi connectivity index (χ4n) is 2.63. The summed E-state index contributed by atoms with van der Waals surface area (Å²) in [6, 6.07) is 3.31. The molecule has 0 amide bonds. The van der Waals surface area contributed by atoms with Crippen LogP contribution in [0.1, 0.15) is 12.5 Å². The maximum atomic E-state index is 13.4. The van der Waals surface area contributed by atoms with Gasteiger partial charge in [0.25, 0.3) is 0 Å². The van der Waals surface area contributed by atoms with E-state index in [4.69, 9.17) is 21.4 Å². The van der Waals surface area contributed by atoms with Crippen LogP contribution in [0.3, 0.4) is 0 Å². The lowest BCUT2D eigenvalue weighted by atomic mass is 9.95. The molecule has 1 aliphatic carbocycles. The molecule has 26 heavy (non-hydrogen) atoms. The van der Waals surface area contributed by atoms with E-state index in [-0.39, 0.29) is 12.3 Å². The molecule has 3 atom stereocenters. The zero-order valence-corrected chi connectivity index (χ0v) is 17.9. The highest BCUT2D eigenvalue weighted by atomic mass is 79.9. The molecule has 0 aromatic heterocycles. The van der Waals surface area contributed by atoms with Crippen LogP contribution in [0.2, 0.25) is 0 Å². The Morgan fingerprint density at radius 3 is 2.65 bits per heavy atom. The van der Waals surface area contributed by atoms with E-state index in [0.29, 0.717) is 33.4 Å². The monoisotopic (exact) mass is 509 g/mol. The number of aliphatic carboxylic acids is 1. The predicted octanol–water partition coefficient (Wildman–Crippen LogP) is 4.84. The summed E-state index contributed by atoms with van der Waals surface area (Å²) in [5.74, 6) is -1.01. The number of ether oxygens (including phenoxy) is 1. The summed E-state index contributed by atoms with van der Waals surface area (Å²) in [6.07, 6.45) is 5.53. The standard InChI is InChI=1S/C18H19Br2ClFNO3/c1-2-23-18(21)6-4-3-5-12(18)10-26-16-13(19)7-11(8-14(16)20)9-15(22)17(24)25/h3-8,12,15,23H,2,9-10H2,1H3,(H,24,25). The first kappa shape index (κ1) is 21.4. The maximum absolute atomic E-state index is 13.4. The summed E-state index contributed by atoms with van der Waals surface area (Å²) < 4.78 is 20.6. The molecule has 1 aromatic rings. The lowest BCUT2D eigenvalue weighted by Crippen LogP contribution is -2.47. The molecule has 0 saturated carbocycles. The highest BCUT2D eigenvalue weighted by Crippen LogP contribution is 2.37. The van der Waals surface area contributed by atoms with Gasteiger partial charge in [-0.1, -0.05) is 36.8 Å². The van der Waals surface area contributed by atoms with Crippen molar-refractivity contribution in [2.45, 2.75) is 24.5 Å². The first-order valence-electron chi connectivity index (χ1n) is 8.04. The fourth-order valence-corrected chi connectivity index (χ4v) is 4.48. The molecule has 0 saturated heterocycles. The smallest absolute Gasteiger partial charge is 0.338 e. The molecule has 2 rings (SSSR count). The van der Waals surface area contributed by atoms with Crippen LogP contribution in [-0.4, -0.2) is 35.4 Å². The van der Waals surface area contributed by atoms with Gasteiger partial charge in [-0.2, -0.15) is 0 Å². The van der Waals surface area contributed by atoms with E-state index < -0.39 is 17.1 Å². The third-order valence-corrected chi connectivity index (χ3v) is 5.65. The van der Waals surface area contributed by atoms with Crippen LogP contribution in [0.15, 0.2) is 45.4 Å². The van der Waals surface area contributed by atoms with Crippen molar-refractivity contribution < 1.29 is 19.0 Å². The number of carboxylic acid groups (broad SMARTS) is 1. The highest BCUT2D eigenvalue weighted by Gasteiger charge is 2.34. The second-order valence-corrected chi connectivity index (χ2v) is 8.19. The number of hydrogen-bond acceptors (Lipinski definition) is 3. The first-order valence-corrected chi connectivity index (χ1v) is 10.0. The lowest BCUT2D eigenvalue weighted by Gasteiger charge is -2.33. The van der Waals surface area contributed by atoms with Crippen molar-refractivity contribution in [2.24, 2.45) is 5.92 Å². The van der Waals surface area contributed by atoms with Gasteiger partial charge in [0.05, 0.1) is 15.6 Å². The minimum Gasteiger partial charge on any atom is -0.490 e. The van der Waals surface area contributed by atoms with Crippen LogP contribution >= 0.6 is 43.5 Å². The second-order valence-electron chi connectivity index (χ2n) is 5.86. The Morgan fingerprint density at radius 1 is 1.42 bits per heavy atom. The molecule has 4 nitrogen and oxygen atoms in total. The Bertz CT molecular complexity index is 705. The van der Waals surface area contributed by atoms with Gasteiger partial charge in [-0.05, 0) is 62.2 Å². The highest BCUT2D eigenvalue weighted by molar-refractivity contribution is 9.11. The van der Waals surface area contributed by atoms with Crippen LogP contribution < -0.4 is 10.1 Å². The van der Waals surface area contributed by atoms with E-state index in [0.717, 1.165) is 0 Å². The summed E-state index contributed by atoms with van der Waals surface area (Å²) in [5, 5.41) is 11.9. The van der Waals surface area contributed by atoms with Gasteiger partial charge >= 0.3 is 5.97 Å². The number of halogens is 4. The van der Waals surface area contributed by atoms with Gasteiger partial charge in [-0.25, -0.2) is 9.18 Å². The quantitative estimate of drug-likeness (QED) is 0.387. The Balaban J connectivity index is 2.11. The molecule has 0 fully saturated rings. The number of allylic oxidation sites excluding steroid dienone is 2. The Hall–Kier alpha value is -0.890. The Kier molecular flexibility index (Phi) is 7.70.